The summed E-state index contributed by atoms with van der Waals surface area (Å²) in [5.41, 5.74) is 1.76. The predicted octanol–water partition coefficient (Wildman–Crippen LogP) is 3.22. The molecule has 3 aromatic rings. The molecule has 1 amide bonds. The number of carbonyl (C=O) groups excluding carboxylic acids is 1. The van der Waals surface area contributed by atoms with Crippen LogP contribution in [0.25, 0.3) is 16.7 Å². The van der Waals surface area contributed by atoms with E-state index in [1.54, 1.807) is 29.8 Å². The molecule has 0 bridgehead atoms. The van der Waals surface area contributed by atoms with E-state index in [2.05, 4.69) is 15.3 Å². The SMILES string of the molecule is Cc1nc2ncccc2c(=O)n1-c1ccc(NC(=O)C2CCCC2)cc1. The number of pyridine rings is 1. The van der Waals surface area contributed by atoms with Crippen molar-refractivity contribution in [1.82, 2.24) is 14.5 Å². The number of anilines is 1. The first-order valence-electron chi connectivity index (χ1n) is 8.89. The highest BCUT2D eigenvalue weighted by Crippen LogP contribution is 2.26. The van der Waals surface area contributed by atoms with Crippen molar-refractivity contribution in [3.63, 3.8) is 0 Å². The summed E-state index contributed by atoms with van der Waals surface area (Å²) in [7, 11) is 0. The first-order valence-corrected chi connectivity index (χ1v) is 8.89. The fraction of sp³-hybridized carbons (Fsp3) is 0.300. The molecule has 1 saturated carbocycles. The maximum absolute atomic E-state index is 12.8. The number of rotatable bonds is 3. The quantitative estimate of drug-likeness (QED) is 0.788. The Morgan fingerprint density at radius 1 is 1.15 bits per heavy atom. The van der Waals surface area contributed by atoms with Gasteiger partial charge in [0.1, 0.15) is 5.82 Å². The smallest absolute Gasteiger partial charge is 0.267 e. The van der Waals surface area contributed by atoms with E-state index >= 15 is 0 Å². The first kappa shape index (κ1) is 16.4. The van der Waals surface area contributed by atoms with E-state index in [1.807, 2.05) is 24.3 Å². The lowest BCUT2D eigenvalue weighted by Gasteiger charge is -2.13. The molecule has 132 valence electrons. The van der Waals surface area contributed by atoms with Crippen molar-refractivity contribution in [2.75, 3.05) is 5.32 Å². The first-order chi connectivity index (χ1) is 12.6. The Labute approximate surface area is 150 Å². The van der Waals surface area contributed by atoms with Crippen LogP contribution in [-0.4, -0.2) is 20.4 Å². The van der Waals surface area contributed by atoms with Gasteiger partial charge in [-0.2, -0.15) is 0 Å². The van der Waals surface area contributed by atoms with Crippen LogP contribution >= 0.6 is 0 Å². The second-order valence-corrected chi connectivity index (χ2v) is 6.69. The number of carbonyl (C=O) groups is 1. The minimum absolute atomic E-state index is 0.0852. The van der Waals surface area contributed by atoms with Crippen molar-refractivity contribution in [2.45, 2.75) is 32.6 Å². The molecule has 1 fully saturated rings. The second kappa shape index (κ2) is 6.71. The van der Waals surface area contributed by atoms with Gasteiger partial charge in [0.25, 0.3) is 5.56 Å². The summed E-state index contributed by atoms with van der Waals surface area (Å²) in [6, 6.07) is 10.7. The van der Waals surface area contributed by atoms with Crippen LogP contribution in [0.3, 0.4) is 0 Å². The maximum Gasteiger partial charge on any atom is 0.267 e. The molecule has 4 rings (SSSR count). The molecule has 2 heterocycles. The van der Waals surface area contributed by atoms with Crippen molar-refractivity contribution in [2.24, 2.45) is 5.92 Å². The number of hydrogen-bond acceptors (Lipinski definition) is 4. The Bertz CT molecular complexity index is 1020. The van der Waals surface area contributed by atoms with Crippen molar-refractivity contribution in [1.29, 1.82) is 0 Å². The highest BCUT2D eigenvalue weighted by molar-refractivity contribution is 5.92. The Morgan fingerprint density at radius 3 is 2.62 bits per heavy atom. The molecule has 6 heteroatoms. The third-order valence-corrected chi connectivity index (χ3v) is 4.93. The monoisotopic (exact) mass is 348 g/mol. The summed E-state index contributed by atoms with van der Waals surface area (Å²) in [5, 5.41) is 3.45. The Kier molecular flexibility index (Phi) is 4.24. The summed E-state index contributed by atoms with van der Waals surface area (Å²) in [5.74, 6) is 0.780. The lowest BCUT2D eigenvalue weighted by molar-refractivity contribution is -0.119. The van der Waals surface area contributed by atoms with E-state index in [4.69, 9.17) is 0 Å². The second-order valence-electron chi connectivity index (χ2n) is 6.69. The van der Waals surface area contributed by atoms with E-state index in [9.17, 15) is 9.59 Å². The zero-order valence-electron chi connectivity index (χ0n) is 14.6. The third kappa shape index (κ3) is 2.98. The Hall–Kier alpha value is -3.02. The average molecular weight is 348 g/mol. The van der Waals surface area contributed by atoms with Crippen LogP contribution < -0.4 is 10.9 Å². The number of amides is 1. The normalized spacial score (nSPS) is 14.7. The molecule has 2 aromatic heterocycles. The van der Waals surface area contributed by atoms with E-state index in [0.717, 1.165) is 31.4 Å². The largest absolute Gasteiger partial charge is 0.326 e. The Morgan fingerprint density at radius 2 is 1.88 bits per heavy atom. The van der Waals surface area contributed by atoms with Gasteiger partial charge in [0.15, 0.2) is 5.65 Å². The van der Waals surface area contributed by atoms with Gasteiger partial charge in [0, 0.05) is 17.8 Å². The molecule has 1 aliphatic rings. The van der Waals surface area contributed by atoms with Crippen LogP contribution in [0.1, 0.15) is 31.5 Å². The highest BCUT2D eigenvalue weighted by atomic mass is 16.2. The van der Waals surface area contributed by atoms with Gasteiger partial charge in [-0.05, 0) is 56.2 Å². The average Bonchev–Trinajstić information content (AvgIpc) is 3.18. The molecule has 6 nitrogen and oxygen atoms in total. The van der Waals surface area contributed by atoms with Crippen LogP contribution in [-0.2, 0) is 4.79 Å². The maximum atomic E-state index is 12.8. The molecule has 0 radical (unpaired) electrons. The lowest BCUT2D eigenvalue weighted by Crippen LogP contribution is -2.23. The minimum Gasteiger partial charge on any atom is -0.326 e. The van der Waals surface area contributed by atoms with E-state index in [-0.39, 0.29) is 17.4 Å². The fourth-order valence-corrected chi connectivity index (χ4v) is 3.55. The molecule has 0 saturated heterocycles. The van der Waals surface area contributed by atoms with Crippen LogP contribution in [0.5, 0.6) is 0 Å². The molecule has 0 unspecified atom stereocenters. The molecule has 0 aliphatic heterocycles. The van der Waals surface area contributed by atoms with Gasteiger partial charge in [0.2, 0.25) is 5.91 Å². The van der Waals surface area contributed by atoms with Crippen molar-refractivity contribution in [3.8, 4) is 5.69 Å². The van der Waals surface area contributed by atoms with Gasteiger partial charge in [-0.15, -0.1) is 0 Å². The number of aromatic nitrogens is 3. The van der Waals surface area contributed by atoms with E-state index in [0.29, 0.717) is 22.5 Å². The van der Waals surface area contributed by atoms with Gasteiger partial charge < -0.3 is 5.32 Å². The molecular formula is C20H20N4O2. The fourth-order valence-electron chi connectivity index (χ4n) is 3.55. The van der Waals surface area contributed by atoms with Gasteiger partial charge >= 0.3 is 0 Å². The van der Waals surface area contributed by atoms with Crippen molar-refractivity contribution in [3.05, 3.63) is 58.8 Å². The number of fused-ring (bicyclic) bond motifs is 1. The molecule has 26 heavy (non-hydrogen) atoms. The number of nitrogens with zero attached hydrogens (tertiary/aromatic N) is 3. The number of nitrogens with one attached hydrogen (secondary N) is 1. The van der Waals surface area contributed by atoms with Crippen molar-refractivity contribution >= 4 is 22.6 Å². The number of hydrogen-bond donors (Lipinski definition) is 1. The zero-order chi connectivity index (χ0) is 18.1. The molecule has 1 aliphatic carbocycles. The van der Waals surface area contributed by atoms with Gasteiger partial charge in [-0.3, -0.25) is 14.2 Å². The minimum atomic E-state index is -0.150. The Balaban J connectivity index is 1.64. The van der Waals surface area contributed by atoms with Crippen LogP contribution in [0.4, 0.5) is 5.69 Å². The standard InChI is InChI=1S/C20H20N4O2/c1-13-22-18-17(7-4-12-21-18)20(26)24(13)16-10-8-15(9-11-16)23-19(25)14-5-2-3-6-14/h4,7-12,14H,2-3,5-6H2,1H3,(H,23,25). The number of benzene rings is 1. The molecule has 1 N–H and O–H groups in total. The van der Waals surface area contributed by atoms with E-state index in [1.165, 1.54) is 0 Å². The summed E-state index contributed by atoms with van der Waals surface area (Å²) in [6.07, 6.45) is 5.82. The van der Waals surface area contributed by atoms with Crippen LogP contribution in [0, 0.1) is 12.8 Å². The van der Waals surface area contributed by atoms with Gasteiger partial charge in [-0.25, -0.2) is 9.97 Å². The van der Waals surface area contributed by atoms with Gasteiger partial charge in [0.05, 0.1) is 11.1 Å². The van der Waals surface area contributed by atoms with Crippen LogP contribution in [0.2, 0.25) is 0 Å². The van der Waals surface area contributed by atoms with Crippen LogP contribution in [0.15, 0.2) is 47.4 Å². The molecule has 1 aromatic carbocycles. The summed E-state index contributed by atoms with van der Waals surface area (Å²) >= 11 is 0. The highest BCUT2D eigenvalue weighted by Gasteiger charge is 2.22. The molecule has 0 spiro atoms. The van der Waals surface area contributed by atoms with Gasteiger partial charge in [-0.1, -0.05) is 12.8 Å². The molecule has 0 atom stereocenters. The van der Waals surface area contributed by atoms with Crippen molar-refractivity contribution < 1.29 is 4.79 Å². The summed E-state index contributed by atoms with van der Waals surface area (Å²) in [6.45, 7) is 1.78. The third-order valence-electron chi connectivity index (χ3n) is 4.93. The predicted molar refractivity (Wildman–Crippen MR) is 100 cm³/mol. The molecular weight excluding hydrogens is 328 g/mol. The number of aryl methyl sites for hydroxylation is 1. The zero-order valence-corrected chi connectivity index (χ0v) is 14.6. The lowest BCUT2D eigenvalue weighted by atomic mass is 10.1. The topological polar surface area (TPSA) is 76.9 Å². The summed E-state index contributed by atoms with van der Waals surface area (Å²) in [4.78, 5) is 33.6. The van der Waals surface area contributed by atoms with E-state index < -0.39 is 0 Å². The summed E-state index contributed by atoms with van der Waals surface area (Å²) < 4.78 is 1.56.